The zero-order valence-electron chi connectivity index (χ0n) is 16.3. The second-order valence-electron chi connectivity index (χ2n) is 8.64. The molecule has 4 nitrogen and oxygen atoms in total. The summed E-state index contributed by atoms with van der Waals surface area (Å²) < 4.78 is 0. The Labute approximate surface area is 162 Å². The number of hydrogen-bond acceptors (Lipinski definition) is 2. The molecule has 1 saturated heterocycles. The highest BCUT2D eigenvalue weighted by Crippen LogP contribution is 2.35. The van der Waals surface area contributed by atoms with Crippen molar-refractivity contribution in [3.63, 3.8) is 0 Å². The normalized spacial score (nSPS) is 25.0. The van der Waals surface area contributed by atoms with Crippen molar-refractivity contribution in [1.29, 1.82) is 0 Å². The van der Waals surface area contributed by atoms with Gasteiger partial charge >= 0.3 is 0 Å². The maximum Gasteiger partial charge on any atom is 0.222 e. The van der Waals surface area contributed by atoms with E-state index < -0.39 is 0 Å². The molecule has 4 heteroatoms. The van der Waals surface area contributed by atoms with Gasteiger partial charge in [0.2, 0.25) is 11.8 Å². The fourth-order valence-electron chi connectivity index (χ4n) is 5.44. The van der Waals surface area contributed by atoms with Crippen LogP contribution in [0, 0.1) is 5.92 Å². The number of hydrogen-bond donors (Lipinski definition) is 1. The third-order valence-corrected chi connectivity index (χ3v) is 6.77. The SMILES string of the molecule is O=C(CCCC(=O)N1CCCC2CCCCC21)NC1Cc2ccccc2C1. The van der Waals surface area contributed by atoms with Gasteiger partial charge < -0.3 is 10.2 Å². The third-order valence-electron chi connectivity index (χ3n) is 6.77. The molecule has 2 unspecified atom stereocenters. The molecule has 1 saturated carbocycles. The molecule has 4 rings (SSSR count). The Morgan fingerprint density at radius 1 is 0.963 bits per heavy atom. The molecule has 3 aliphatic rings. The second kappa shape index (κ2) is 8.45. The van der Waals surface area contributed by atoms with Gasteiger partial charge in [-0.05, 0) is 62.0 Å². The summed E-state index contributed by atoms with van der Waals surface area (Å²) in [7, 11) is 0. The first-order valence-corrected chi connectivity index (χ1v) is 10.9. The van der Waals surface area contributed by atoms with E-state index in [4.69, 9.17) is 0 Å². The van der Waals surface area contributed by atoms with Gasteiger partial charge in [0.05, 0.1) is 0 Å². The van der Waals surface area contributed by atoms with E-state index in [-0.39, 0.29) is 17.9 Å². The largest absolute Gasteiger partial charge is 0.353 e. The highest BCUT2D eigenvalue weighted by Gasteiger charge is 2.35. The molecular formula is C23H32N2O2. The first-order valence-electron chi connectivity index (χ1n) is 10.9. The van der Waals surface area contributed by atoms with E-state index in [9.17, 15) is 9.59 Å². The first-order chi connectivity index (χ1) is 13.2. The van der Waals surface area contributed by atoms with Crippen molar-refractivity contribution in [1.82, 2.24) is 10.2 Å². The summed E-state index contributed by atoms with van der Waals surface area (Å²) in [6.07, 6.45) is 11.0. The molecule has 1 N–H and O–H groups in total. The molecule has 27 heavy (non-hydrogen) atoms. The van der Waals surface area contributed by atoms with Crippen LogP contribution in [0.5, 0.6) is 0 Å². The van der Waals surface area contributed by atoms with Gasteiger partial charge in [-0.3, -0.25) is 9.59 Å². The van der Waals surface area contributed by atoms with Crippen molar-refractivity contribution in [2.45, 2.75) is 82.7 Å². The highest BCUT2D eigenvalue weighted by atomic mass is 16.2. The minimum Gasteiger partial charge on any atom is -0.353 e. The van der Waals surface area contributed by atoms with E-state index in [0.717, 1.165) is 31.7 Å². The zero-order chi connectivity index (χ0) is 18.6. The smallest absolute Gasteiger partial charge is 0.222 e. The van der Waals surface area contributed by atoms with Crippen molar-refractivity contribution < 1.29 is 9.59 Å². The number of rotatable bonds is 5. The number of nitrogens with one attached hydrogen (secondary N) is 1. The Morgan fingerprint density at radius 3 is 2.44 bits per heavy atom. The van der Waals surface area contributed by atoms with Crippen molar-refractivity contribution >= 4 is 11.8 Å². The standard InChI is InChI=1S/C23H32N2O2/c26-22(24-20-15-18-8-1-2-9-19(18)16-20)12-5-13-23(27)25-14-6-10-17-7-3-4-11-21(17)25/h1-2,8-9,17,20-21H,3-7,10-16H2,(H,24,26). The molecule has 1 aromatic carbocycles. The van der Waals surface area contributed by atoms with Crippen LogP contribution in [-0.4, -0.2) is 35.3 Å². The summed E-state index contributed by atoms with van der Waals surface area (Å²) in [6.45, 7) is 0.923. The van der Waals surface area contributed by atoms with E-state index in [1.165, 1.54) is 43.2 Å². The number of piperidine rings is 1. The number of nitrogens with zero attached hydrogens (tertiary/aromatic N) is 1. The molecule has 1 aliphatic heterocycles. The second-order valence-corrected chi connectivity index (χ2v) is 8.64. The van der Waals surface area contributed by atoms with Crippen molar-refractivity contribution in [2.24, 2.45) is 5.92 Å². The molecule has 2 atom stereocenters. The van der Waals surface area contributed by atoms with Crippen LogP contribution in [0.2, 0.25) is 0 Å². The molecule has 146 valence electrons. The molecule has 2 fully saturated rings. The Hall–Kier alpha value is -1.84. The number of likely N-dealkylation sites (tertiary alicyclic amines) is 1. The lowest BCUT2D eigenvalue weighted by Crippen LogP contribution is -2.49. The molecule has 0 spiro atoms. The summed E-state index contributed by atoms with van der Waals surface area (Å²) in [5, 5.41) is 3.16. The van der Waals surface area contributed by atoms with Crippen molar-refractivity contribution in [3.8, 4) is 0 Å². The molecule has 0 radical (unpaired) electrons. The van der Waals surface area contributed by atoms with Crippen LogP contribution < -0.4 is 5.32 Å². The van der Waals surface area contributed by atoms with Gasteiger partial charge in [-0.2, -0.15) is 0 Å². The number of amides is 2. The third kappa shape index (κ3) is 4.36. The van der Waals surface area contributed by atoms with Gasteiger partial charge in [0.15, 0.2) is 0 Å². The van der Waals surface area contributed by atoms with Gasteiger partial charge in [0, 0.05) is 31.5 Å². The minimum absolute atomic E-state index is 0.0924. The van der Waals surface area contributed by atoms with Crippen LogP contribution in [0.3, 0.4) is 0 Å². The summed E-state index contributed by atoms with van der Waals surface area (Å²) in [5.41, 5.74) is 2.70. The number of carbonyl (C=O) groups excluding carboxylic acids is 2. The van der Waals surface area contributed by atoms with E-state index in [1.54, 1.807) is 0 Å². The van der Waals surface area contributed by atoms with Crippen LogP contribution in [0.15, 0.2) is 24.3 Å². The van der Waals surface area contributed by atoms with Crippen LogP contribution in [0.25, 0.3) is 0 Å². The number of fused-ring (bicyclic) bond motifs is 2. The molecule has 2 aliphatic carbocycles. The summed E-state index contributed by atoms with van der Waals surface area (Å²) >= 11 is 0. The summed E-state index contributed by atoms with van der Waals surface area (Å²) in [6, 6.07) is 9.12. The molecule has 1 heterocycles. The molecule has 2 amide bonds. The summed E-state index contributed by atoms with van der Waals surface area (Å²) in [5.74, 6) is 1.09. The number of carbonyl (C=O) groups is 2. The average molecular weight is 369 g/mol. The topological polar surface area (TPSA) is 49.4 Å². The zero-order valence-corrected chi connectivity index (χ0v) is 16.3. The maximum atomic E-state index is 12.7. The highest BCUT2D eigenvalue weighted by molar-refractivity contribution is 5.79. The summed E-state index contributed by atoms with van der Waals surface area (Å²) in [4.78, 5) is 27.2. The molecular weight excluding hydrogens is 336 g/mol. The van der Waals surface area contributed by atoms with Crippen LogP contribution in [0.4, 0.5) is 0 Å². The van der Waals surface area contributed by atoms with Crippen molar-refractivity contribution in [3.05, 3.63) is 35.4 Å². The molecule has 1 aromatic rings. The van der Waals surface area contributed by atoms with Crippen LogP contribution in [-0.2, 0) is 22.4 Å². The Bertz CT molecular complexity index is 660. The maximum absolute atomic E-state index is 12.7. The van der Waals surface area contributed by atoms with E-state index in [2.05, 4.69) is 34.5 Å². The Morgan fingerprint density at radius 2 is 1.67 bits per heavy atom. The Kier molecular flexibility index (Phi) is 5.80. The number of benzene rings is 1. The van der Waals surface area contributed by atoms with Gasteiger partial charge in [0.1, 0.15) is 0 Å². The van der Waals surface area contributed by atoms with Crippen LogP contribution >= 0.6 is 0 Å². The minimum atomic E-state index is 0.0924. The lowest BCUT2D eigenvalue weighted by atomic mass is 9.78. The van der Waals surface area contributed by atoms with Gasteiger partial charge in [-0.25, -0.2) is 0 Å². The molecule has 0 bridgehead atoms. The lowest BCUT2D eigenvalue weighted by Gasteiger charge is -2.44. The lowest BCUT2D eigenvalue weighted by molar-refractivity contribution is -0.137. The van der Waals surface area contributed by atoms with Crippen molar-refractivity contribution in [2.75, 3.05) is 6.54 Å². The van der Waals surface area contributed by atoms with Gasteiger partial charge in [-0.15, -0.1) is 0 Å². The van der Waals surface area contributed by atoms with E-state index >= 15 is 0 Å². The predicted molar refractivity (Wildman–Crippen MR) is 106 cm³/mol. The van der Waals surface area contributed by atoms with Gasteiger partial charge in [-0.1, -0.05) is 37.1 Å². The predicted octanol–water partition coefficient (Wildman–Crippen LogP) is 3.62. The van der Waals surface area contributed by atoms with Crippen LogP contribution in [0.1, 0.15) is 68.9 Å². The fourth-order valence-corrected chi connectivity index (χ4v) is 5.44. The first kappa shape index (κ1) is 18.5. The van der Waals surface area contributed by atoms with E-state index in [1.807, 2.05) is 0 Å². The quantitative estimate of drug-likeness (QED) is 0.863. The van der Waals surface area contributed by atoms with Gasteiger partial charge in [0.25, 0.3) is 0 Å². The fraction of sp³-hybridized carbons (Fsp3) is 0.652. The monoisotopic (exact) mass is 368 g/mol. The average Bonchev–Trinajstić information content (AvgIpc) is 3.09. The Balaban J connectivity index is 1.19. The molecule has 0 aromatic heterocycles. The van der Waals surface area contributed by atoms with E-state index in [0.29, 0.717) is 25.3 Å².